The molecule has 0 N–H and O–H groups in total. The van der Waals surface area contributed by atoms with E-state index >= 15 is 0 Å². The van der Waals surface area contributed by atoms with Crippen molar-refractivity contribution in [1.82, 2.24) is 0 Å². The molecule has 3 nitrogen and oxygen atoms in total. The van der Waals surface area contributed by atoms with Crippen molar-refractivity contribution in [2.45, 2.75) is 6.42 Å². The topological polar surface area (TPSA) is 35.5 Å². The van der Waals surface area contributed by atoms with Gasteiger partial charge in [0.1, 0.15) is 0 Å². The van der Waals surface area contributed by atoms with Gasteiger partial charge in [-0.2, -0.15) is 0 Å². The van der Waals surface area contributed by atoms with Crippen LogP contribution in [-0.4, -0.2) is 28.2 Å². The number of hydrogen-bond donors (Lipinski definition) is 0. The van der Waals surface area contributed by atoms with Gasteiger partial charge in [0, 0.05) is 0 Å². The first kappa shape index (κ1) is 15.6. The maximum atomic E-state index is 12.5. The second-order valence-corrected chi connectivity index (χ2v) is 9.56. The SMILES string of the molecule is COP1(=O)CCC([Se]c2ccccc2)=C(c2ccccc2)O1. The van der Waals surface area contributed by atoms with Crippen molar-refractivity contribution < 1.29 is 13.6 Å². The number of benzene rings is 2. The average molecular weight is 379 g/mol. The molecule has 1 aliphatic heterocycles. The van der Waals surface area contributed by atoms with E-state index in [9.17, 15) is 4.57 Å². The third-order valence-electron chi connectivity index (χ3n) is 3.39. The molecule has 1 unspecified atom stereocenters. The maximum absolute atomic E-state index is 12.5. The zero-order valence-corrected chi connectivity index (χ0v) is 14.9. The van der Waals surface area contributed by atoms with E-state index in [-0.39, 0.29) is 15.0 Å². The summed E-state index contributed by atoms with van der Waals surface area (Å²) in [5, 5.41) is 0. The first-order valence-electron chi connectivity index (χ1n) is 7.06. The second-order valence-electron chi connectivity index (χ2n) is 4.89. The van der Waals surface area contributed by atoms with Gasteiger partial charge in [-0.1, -0.05) is 0 Å². The van der Waals surface area contributed by atoms with Gasteiger partial charge in [-0.3, -0.25) is 0 Å². The summed E-state index contributed by atoms with van der Waals surface area (Å²) in [5.41, 5.74) is 0.965. The Morgan fingerprint density at radius 2 is 1.68 bits per heavy atom. The Hall–Kier alpha value is -1.31. The van der Waals surface area contributed by atoms with Crippen molar-refractivity contribution in [3.8, 4) is 0 Å². The molecule has 22 heavy (non-hydrogen) atoms. The van der Waals surface area contributed by atoms with E-state index < -0.39 is 7.60 Å². The summed E-state index contributed by atoms with van der Waals surface area (Å²) in [4.78, 5) is 0. The molecule has 0 aliphatic carbocycles. The first-order chi connectivity index (χ1) is 10.7. The van der Waals surface area contributed by atoms with E-state index in [1.165, 1.54) is 16.0 Å². The van der Waals surface area contributed by atoms with E-state index in [0.717, 1.165) is 17.7 Å². The van der Waals surface area contributed by atoms with Crippen LogP contribution in [-0.2, 0) is 13.6 Å². The molecule has 0 saturated heterocycles. The van der Waals surface area contributed by atoms with Gasteiger partial charge < -0.3 is 0 Å². The molecule has 2 aromatic carbocycles. The van der Waals surface area contributed by atoms with E-state index in [1.54, 1.807) is 0 Å². The van der Waals surface area contributed by atoms with Crippen LogP contribution in [0.3, 0.4) is 0 Å². The predicted octanol–water partition coefficient (Wildman–Crippen LogP) is 3.64. The van der Waals surface area contributed by atoms with Crippen LogP contribution in [0.5, 0.6) is 0 Å². The summed E-state index contributed by atoms with van der Waals surface area (Å²) in [6, 6.07) is 20.2. The standard InChI is InChI=1S/C17H17O3PSe/c1-19-21(18)13-12-16(22-15-10-6-3-7-11-15)17(20-21)14-8-4-2-5-9-14/h2-11H,12-13H2,1H3. The minimum absolute atomic E-state index is 0.158. The molecule has 0 fully saturated rings. The summed E-state index contributed by atoms with van der Waals surface area (Å²) >= 11 is 0.158. The van der Waals surface area contributed by atoms with Crippen molar-refractivity contribution in [3.63, 3.8) is 0 Å². The zero-order chi connectivity index (χ0) is 15.4. The van der Waals surface area contributed by atoms with Crippen LogP contribution < -0.4 is 4.46 Å². The summed E-state index contributed by atoms with van der Waals surface area (Å²) < 4.78 is 26.0. The fourth-order valence-corrected chi connectivity index (χ4v) is 6.24. The monoisotopic (exact) mass is 380 g/mol. The third kappa shape index (κ3) is 3.53. The molecule has 114 valence electrons. The molecule has 0 spiro atoms. The molecule has 1 atom stereocenters. The van der Waals surface area contributed by atoms with Crippen LogP contribution in [0.1, 0.15) is 12.0 Å². The van der Waals surface area contributed by atoms with Crippen LogP contribution in [0.2, 0.25) is 0 Å². The Bertz CT molecular complexity index is 713. The first-order valence-corrected chi connectivity index (χ1v) is 10.5. The average Bonchev–Trinajstić information content (AvgIpc) is 2.58. The van der Waals surface area contributed by atoms with Gasteiger partial charge in [0.15, 0.2) is 0 Å². The molecule has 0 radical (unpaired) electrons. The summed E-state index contributed by atoms with van der Waals surface area (Å²) in [5.74, 6) is 0.737. The summed E-state index contributed by atoms with van der Waals surface area (Å²) in [6.07, 6.45) is 1.20. The molecule has 0 aromatic heterocycles. The fourth-order valence-electron chi connectivity index (χ4n) is 2.25. The van der Waals surface area contributed by atoms with Crippen LogP contribution in [0, 0.1) is 0 Å². The Morgan fingerprint density at radius 3 is 2.32 bits per heavy atom. The molecule has 3 rings (SSSR count). The fraction of sp³-hybridized carbons (Fsp3) is 0.176. The summed E-state index contributed by atoms with van der Waals surface area (Å²) in [6.45, 7) is 0. The van der Waals surface area contributed by atoms with E-state index in [0.29, 0.717) is 6.16 Å². The second kappa shape index (κ2) is 6.85. The quantitative estimate of drug-likeness (QED) is 0.601. The number of allylic oxidation sites excluding steroid dienone is 1. The van der Waals surface area contributed by atoms with Crippen LogP contribution in [0.25, 0.3) is 5.76 Å². The molecular formula is C17H17O3PSe. The van der Waals surface area contributed by atoms with Gasteiger partial charge in [0.2, 0.25) is 0 Å². The molecule has 0 saturated carbocycles. The Balaban J connectivity index is 1.99. The molecule has 0 amide bonds. The molecule has 2 aromatic rings. The van der Waals surface area contributed by atoms with Crippen molar-refractivity contribution >= 4 is 32.8 Å². The van der Waals surface area contributed by atoms with Gasteiger partial charge in [0.25, 0.3) is 0 Å². The Labute approximate surface area is 137 Å². The van der Waals surface area contributed by atoms with Gasteiger partial charge in [0.05, 0.1) is 0 Å². The Morgan fingerprint density at radius 1 is 1.05 bits per heavy atom. The molecule has 0 bridgehead atoms. The van der Waals surface area contributed by atoms with Crippen LogP contribution in [0.15, 0.2) is 65.1 Å². The minimum atomic E-state index is -3.01. The zero-order valence-electron chi connectivity index (χ0n) is 12.3. The number of hydrogen-bond acceptors (Lipinski definition) is 3. The van der Waals surface area contributed by atoms with Crippen LogP contribution >= 0.6 is 7.60 Å². The normalized spacial score (nSPS) is 21.5. The number of rotatable bonds is 4. The predicted molar refractivity (Wildman–Crippen MR) is 90.4 cm³/mol. The summed E-state index contributed by atoms with van der Waals surface area (Å²) in [7, 11) is -1.55. The van der Waals surface area contributed by atoms with Crippen LogP contribution in [0.4, 0.5) is 0 Å². The third-order valence-corrected chi connectivity index (χ3v) is 7.58. The van der Waals surface area contributed by atoms with Gasteiger partial charge in [-0.15, -0.1) is 0 Å². The molecule has 1 heterocycles. The van der Waals surface area contributed by atoms with Crippen molar-refractivity contribution in [2.75, 3.05) is 13.3 Å². The molecule has 5 heteroatoms. The Kier molecular flexibility index (Phi) is 4.85. The van der Waals surface area contributed by atoms with Crippen molar-refractivity contribution in [1.29, 1.82) is 0 Å². The van der Waals surface area contributed by atoms with E-state index in [4.69, 9.17) is 9.05 Å². The molecule has 1 aliphatic rings. The van der Waals surface area contributed by atoms with E-state index in [2.05, 4.69) is 12.1 Å². The van der Waals surface area contributed by atoms with Gasteiger partial charge in [-0.25, -0.2) is 0 Å². The van der Waals surface area contributed by atoms with Gasteiger partial charge in [-0.05, 0) is 0 Å². The van der Waals surface area contributed by atoms with Gasteiger partial charge >= 0.3 is 137 Å². The van der Waals surface area contributed by atoms with Crippen molar-refractivity contribution in [3.05, 3.63) is 70.7 Å². The van der Waals surface area contributed by atoms with E-state index in [1.807, 2.05) is 48.5 Å². The molecular weight excluding hydrogens is 362 g/mol. The van der Waals surface area contributed by atoms with Crippen molar-refractivity contribution in [2.24, 2.45) is 0 Å².